The molecule has 1 fully saturated rings. The highest BCUT2D eigenvalue weighted by Crippen LogP contribution is 2.31. The Balaban J connectivity index is 1.96. The van der Waals surface area contributed by atoms with Gasteiger partial charge in [0.2, 0.25) is 0 Å². The number of hydrogen-bond donors (Lipinski definition) is 1. The van der Waals surface area contributed by atoms with Gasteiger partial charge in [-0.15, -0.1) is 0 Å². The number of pyridine rings is 1. The summed E-state index contributed by atoms with van der Waals surface area (Å²) < 4.78 is 0. The third kappa shape index (κ3) is 2.68. The molecule has 0 saturated carbocycles. The highest BCUT2D eigenvalue weighted by molar-refractivity contribution is 6.00. The molecule has 1 aliphatic heterocycles. The van der Waals surface area contributed by atoms with Gasteiger partial charge in [-0.25, -0.2) is 4.98 Å². The average Bonchev–Trinajstić information content (AvgIpc) is 2.53. The van der Waals surface area contributed by atoms with Crippen LogP contribution in [0.3, 0.4) is 0 Å². The fourth-order valence-electron chi connectivity index (χ4n) is 3.25. The summed E-state index contributed by atoms with van der Waals surface area (Å²) in [5.41, 5.74) is 1.16. The van der Waals surface area contributed by atoms with Crippen molar-refractivity contribution in [2.24, 2.45) is 0 Å². The summed E-state index contributed by atoms with van der Waals surface area (Å²) in [5.74, 6) is 1.10. The third-order valence-electron chi connectivity index (χ3n) is 4.62. The van der Waals surface area contributed by atoms with Crippen LogP contribution in [0.15, 0.2) is 30.5 Å². The lowest BCUT2D eigenvalue weighted by atomic mass is 10.0. The maximum absolute atomic E-state index is 4.66. The predicted octanol–water partition coefficient (Wildman–Crippen LogP) is 2.81. The van der Waals surface area contributed by atoms with E-state index in [-0.39, 0.29) is 0 Å². The number of benzene rings is 1. The van der Waals surface area contributed by atoms with Gasteiger partial charge in [0.1, 0.15) is 5.82 Å². The topological polar surface area (TPSA) is 31.4 Å². The van der Waals surface area contributed by atoms with Gasteiger partial charge in [0.25, 0.3) is 0 Å². The number of likely N-dealkylation sites (tertiary alicyclic amines) is 1. The third-order valence-corrected chi connectivity index (χ3v) is 4.62. The van der Waals surface area contributed by atoms with E-state index in [2.05, 4.69) is 58.5 Å². The zero-order chi connectivity index (χ0) is 14.8. The molecular weight excluding hydrogens is 260 g/mol. The molecule has 0 atom stereocenters. The normalized spacial score (nSPS) is 17.1. The molecule has 112 valence electrons. The molecule has 0 amide bonds. The fourth-order valence-corrected chi connectivity index (χ4v) is 3.25. The minimum Gasteiger partial charge on any atom is -0.388 e. The van der Waals surface area contributed by atoms with Crippen molar-refractivity contribution in [3.8, 4) is 0 Å². The maximum Gasteiger partial charge on any atom is 0.136 e. The highest BCUT2D eigenvalue weighted by Gasteiger charge is 2.22. The summed E-state index contributed by atoms with van der Waals surface area (Å²) in [6, 6.07) is 9.05. The van der Waals surface area contributed by atoms with E-state index >= 15 is 0 Å². The lowest BCUT2D eigenvalue weighted by Crippen LogP contribution is -2.42. The molecule has 1 N–H and O–H groups in total. The summed E-state index contributed by atoms with van der Waals surface area (Å²) >= 11 is 0. The first kappa shape index (κ1) is 14.1. The number of fused-ring (bicyclic) bond motifs is 1. The van der Waals surface area contributed by atoms with Crippen molar-refractivity contribution in [1.29, 1.82) is 0 Å². The summed E-state index contributed by atoms with van der Waals surface area (Å²) in [4.78, 5) is 9.43. The molecular formula is C17H24N4. The Kier molecular flexibility index (Phi) is 3.97. The Labute approximate surface area is 126 Å². The largest absolute Gasteiger partial charge is 0.388 e. The molecule has 3 rings (SSSR count). The van der Waals surface area contributed by atoms with Gasteiger partial charge in [0, 0.05) is 42.8 Å². The second kappa shape index (κ2) is 5.90. The molecule has 21 heavy (non-hydrogen) atoms. The van der Waals surface area contributed by atoms with Crippen LogP contribution >= 0.6 is 0 Å². The van der Waals surface area contributed by atoms with Crippen molar-refractivity contribution in [1.82, 2.24) is 9.88 Å². The molecule has 0 bridgehead atoms. The first-order valence-corrected chi connectivity index (χ1v) is 7.67. The van der Waals surface area contributed by atoms with E-state index < -0.39 is 0 Å². The van der Waals surface area contributed by atoms with Crippen LogP contribution in [0.2, 0.25) is 0 Å². The van der Waals surface area contributed by atoms with E-state index in [1.807, 2.05) is 13.2 Å². The van der Waals surface area contributed by atoms with Crippen LogP contribution in [-0.2, 0) is 0 Å². The zero-order valence-corrected chi connectivity index (χ0v) is 13.1. The second-order valence-electron chi connectivity index (χ2n) is 5.93. The van der Waals surface area contributed by atoms with Gasteiger partial charge >= 0.3 is 0 Å². The molecule has 1 saturated heterocycles. The minimum absolute atomic E-state index is 0.581. The molecule has 0 spiro atoms. The smallest absolute Gasteiger partial charge is 0.136 e. The van der Waals surface area contributed by atoms with Crippen LogP contribution < -0.4 is 10.2 Å². The molecule has 2 heterocycles. The molecule has 0 unspecified atom stereocenters. The molecule has 1 aromatic heterocycles. The highest BCUT2D eigenvalue weighted by atomic mass is 15.2. The van der Waals surface area contributed by atoms with Crippen molar-refractivity contribution in [2.45, 2.75) is 18.9 Å². The molecule has 1 aliphatic rings. The number of nitrogens with zero attached hydrogens (tertiary/aromatic N) is 3. The van der Waals surface area contributed by atoms with E-state index in [0.717, 1.165) is 11.5 Å². The Morgan fingerprint density at radius 3 is 2.67 bits per heavy atom. The number of anilines is 2. The quantitative estimate of drug-likeness (QED) is 0.939. The predicted molar refractivity (Wildman–Crippen MR) is 90.2 cm³/mol. The molecule has 4 heteroatoms. The summed E-state index contributed by atoms with van der Waals surface area (Å²) in [5, 5.41) is 5.74. The summed E-state index contributed by atoms with van der Waals surface area (Å²) in [7, 11) is 6.35. The van der Waals surface area contributed by atoms with Gasteiger partial charge in [0.05, 0.1) is 0 Å². The number of aromatic nitrogens is 1. The molecule has 1 aromatic carbocycles. The van der Waals surface area contributed by atoms with Gasteiger partial charge in [-0.3, -0.25) is 0 Å². The Hall–Kier alpha value is -1.81. The number of rotatable bonds is 3. The Bertz CT molecular complexity index is 617. The minimum atomic E-state index is 0.581. The molecule has 4 nitrogen and oxygen atoms in total. The van der Waals surface area contributed by atoms with Crippen LogP contribution in [0.1, 0.15) is 12.8 Å². The summed E-state index contributed by atoms with van der Waals surface area (Å²) in [6.07, 6.45) is 4.33. The van der Waals surface area contributed by atoms with Gasteiger partial charge in [-0.05, 0) is 45.1 Å². The number of hydrogen-bond acceptors (Lipinski definition) is 4. The van der Waals surface area contributed by atoms with Crippen molar-refractivity contribution >= 4 is 22.3 Å². The van der Waals surface area contributed by atoms with Crippen molar-refractivity contribution in [2.75, 3.05) is 44.4 Å². The second-order valence-corrected chi connectivity index (χ2v) is 5.93. The lowest BCUT2D eigenvalue weighted by Gasteiger charge is -2.36. The SMILES string of the molecule is CNc1cccc2c(N(C)C3CCN(C)CC3)nccc12. The molecule has 0 radical (unpaired) electrons. The summed E-state index contributed by atoms with van der Waals surface area (Å²) in [6.45, 7) is 2.34. The Morgan fingerprint density at radius 2 is 1.95 bits per heavy atom. The van der Waals surface area contributed by atoms with Crippen molar-refractivity contribution < 1.29 is 0 Å². The van der Waals surface area contributed by atoms with Crippen molar-refractivity contribution in [3.05, 3.63) is 30.5 Å². The Morgan fingerprint density at radius 1 is 1.19 bits per heavy atom. The lowest BCUT2D eigenvalue weighted by molar-refractivity contribution is 0.252. The van der Waals surface area contributed by atoms with E-state index in [1.165, 1.54) is 36.7 Å². The van der Waals surface area contributed by atoms with E-state index in [9.17, 15) is 0 Å². The van der Waals surface area contributed by atoms with E-state index in [0.29, 0.717) is 6.04 Å². The standard InChI is InChI=1S/C17H24N4/c1-18-16-6-4-5-15-14(16)7-10-19-17(15)21(3)13-8-11-20(2)12-9-13/h4-7,10,13,18H,8-9,11-12H2,1-3H3. The first-order chi connectivity index (χ1) is 10.2. The monoisotopic (exact) mass is 284 g/mol. The van der Waals surface area contributed by atoms with Crippen LogP contribution in [0.25, 0.3) is 10.8 Å². The maximum atomic E-state index is 4.66. The van der Waals surface area contributed by atoms with Crippen LogP contribution in [0.5, 0.6) is 0 Å². The van der Waals surface area contributed by atoms with Gasteiger partial charge in [-0.1, -0.05) is 12.1 Å². The van der Waals surface area contributed by atoms with E-state index in [1.54, 1.807) is 0 Å². The van der Waals surface area contributed by atoms with Gasteiger partial charge in [-0.2, -0.15) is 0 Å². The first-order valence-electron chi connectivity index (χ1n) is 7.67. The fraction of sp³-hybridized carbons (Fsp3) is 0.471. The van der Waals surface area contributed by atoms with Crippen LogP contribution in [-0.4, -0.2) is 50.2 Å². The molecule has 0 aliphatic carbocycles. The van der Waals surface area contributed by atoms with Gasteiger partial charge in [0.15, 0.2) is 0 Å². The zero-order valence-electron chi connectivity index (χ0n) is 13.1. The van der Waals surface area contributed by atoms with Gasteiger partial charge < -0.3 is 15.1 Å². The average molecular weight is 284 g/mol. The molecule has 2 aromatic rings. The van der Waals surface area contributed by atoms with Crippen LogP contribution in [0, 0.1) is 0 Å². The number of nitrogens with one attached hydrogen (secondary N) is 1. The van der Waals surface area contributed by atoms with Crippen LogP contribution in [0.4, 0.5) is 11.5 Å². The number of piperidine rings is 1. The van der Waals surface area contributed by atoms with E-state index in [4.69, 9.17) is 0 Å². The van der Waals surface area contributed by atoms with Crippen molar-refractivity contribution in [3.63, 3.8) is 0 Å².